The van der Waals surface area contributed by atoms with Crippen molar-refractivity contribution in [3.05, 3.63) is 58.4 Å². The summed E-state index contributed by atoms with van der Waals surface area (Å²) in [4.78, 5) is 29.6. The van der Waals surface area contributed by atoms with Crippen LogP contribution < -0.4 is 15.5 Å². The fraction of sp³-hybridized carbons (Fsp3) is 0.440. The van der Waals surface area contributed by atoms with Crippen molar-refractivity contribution in [1.82, 2.24) is 10.2 Å². The van der Waals surface area contributed by atoms with E-state index < -0.39 is 17.6 Å². The van der Waals surface area contributed by atoms with Crippen LogP contribution in [0.1, 0.15) is 42.9 Å². The van der Waals surface area contributed by atoms with Gasteiger partial charge in [0.25, 0.3) is 0 Å². The van der Waals surface area contributed by atoms with Crippen molar-refractivity contribution in [2.75, 3.05) is 43.4 Å². The number of piperidine rings is 1. The Labute approximate surface area is 199 Å². The molecule has 0 unspecified atom stereocenters. The summed E-state index contributed by atoms with van der Waals surface area (Å²) in [6.07, 6.45) is 5.65. The SMILES string of the molecule is CN1CCCc2cc([C@H](CNC(=O)C(=O)Nc3ccc(F)c(Cl)c3)N3CCCCC3)ccc21. The molecule has 4 rings (SSSR count). The number of hydrogen-bond acceptors (Lipinski definition) is 4. The molecule has 2 aromatic rings. The second-order valence-electron chi connectivity index (χ2n) is 8.82. The Bertz CT molecular complexity index is 1030. The van der Waals surface area contributed by atoms with Crippen molar-refractivity contribution in [1.29, 1.82) is 0 Å². The summed E-state index contributed by atoms with van der Waals surface area (Å²) in [6, 6.07) is 10.4. The fourth-order valence-electron chi connectivity index (χ4n) is 4.73. The summed E-state index contributed by atoms with van der Waals surface area (Å²) in [5.74, 6) is -2.11. The Balaban J connectivity index is 1.46. The van der Waals surface area contributed by atoms with Gasteiger partial charge in [-0.15, -0.1) is 0 Å². The molecule has 176 valence electrons. The lowest BCUT2D eigenvalue weighted by Crippen LogP contribution is -2.43. The average molecular weight is 473 g/mol. The Morgan fingerprint density at radius 1 is 1.03 bits per heavy atom. The predicted molar refractivity (Wildman–Crippen MR) is 129 cm³/mol. The zero-order valence-corrected chi connectivity index (χ0v) is 19.6. The van der Waals surface area contributed by atoms with Crippen molar-refractivity contribution in [2.24, 2.45) is 0 Å². The quantitative estimate of drug-likeness (QED) is 0.642. The Morgan fingerprint density at radius 3 is 2.58 bits per heavy atom. The number of hydrogen-bond donors (Lipinski definition) is 2. The molecule has 0 aromatic heterocycles. The molecule has 0 radical (unpaired) electrons. The third kappa shape index (κ3) is 5.65. The van der Waals surface area contributed by atoms with Crippen LogP contribution in [0.5, 0.6) is 0 Å². The molecule has 2 N–H and O–H groups in total. The van der Waals surface area contributed by atoms with Crippen molar-refractivity contribution >= 4 is 34.8 Å². The molecular formula is C25H30ClFN4O2. The number of halogens is 2. The van der Waals surface area contributed by atoms with Crippen LogP contribution in [0.2, 0.25) is 5.02 Å². The molecule has 2 amide bonds. The normalized spacial score (nSPS) is 17.2. The van der Waals surface area contributed by atoms with E-state index in [1.807, 2.05) is 0 Å². The first-order valence-corrected chi connectivity index (χ1v) is 11.9. The number of aryl methyl sites for hydroxylation is 1. The van der Waals surface area contributed by atoms with Crippen LogP contribution in [0.4, 0.5) is 15.8 Å². The predicted octanol–water partition coefficient (Wildman–Crippen LogP) is 4.14. The van der Waals surface area contributed by atoms with Gasteiger partial charge >= 0.3 is 11.8 Å². The van der Waals surface area contributed by atoms with E-state index in [9.17, 15) is 14.0 Å². The van der Waals surface area contributed by atoms with Gasteiger partial charge in [-0.2, -0.15) is 0 Å². The van der Waals surface area contributed by atoms with Gasteiger partial charge in [-0.3, -0.25) is 14.5 Å². The lowest BCUT2D eigenvalue weighted by molar-refractivity contribution is -0.136. The van der Waals surface area contributed by atoms with Gasteiger partial charge in [0.1, 0.15) is 5.82 Å². The molecule has 2 aromatic carbocycles. The summed E-state index contributed by atoms with van der Waals surface area (Å²) in [6.45, 7) is 3.34. The van der Waals surface area contributed by atoms with E-state index in [-0.39, 0.29) is 16.8 Å². The minimum atomic E-state index is -0.804. The number of nitrogens with zero attached hydrogens (tertiary/aromatic N) is 2. The molecule has 6 nitrogen and oxygen atoms in total. The van der Waals surface area contributed by atoms with E-state index in [1.165, 1.54) is 29.8 Å². The van der Waals surface area contributed by atoms with Crippen molar-refractivity contribution in [3.8, 4) is 0 Å². The van der Waals surface area contributed by atoms with E-state index in [0.717, 1.165) is 56.9 Å². The number of amides is 2. The lowest BCUT2D eigenvalue weighted by atomic mass is 9.95. The Morgan fingerprint density at radius 2 is 1.82 bits per heavy atom. The van der Waals surface area contributed by atoms with Crippen LogP contribution in [0, 0.1) is 5.82 Å². The van der Waals surface area contributed by atoms with Crippen LogP contribution in [0.25, 0.3) is 0 Å². The molecule has 33 heavy (non-hydrogen) atoms. The van der Waals surface area contributed by atoms with Gasteiger partial charge in [0, 0.05) is 31.5 Å². The molecular weight excluding hydrogens is 443 g/mol. The van der Waals surface area contributed by atoms with Gasteiger partial charge in [-0.1, -0.05) is 30.2 Å². The first-order chi connectivity index (χ1) is 15.9. The van der Waals surface area contributed by atoms with Crippen molar-refractivity contribution in [2.45, 2.75) is 38.1 Å². The molecule has 0 aliphatic carbocycles. The first-order valence-electron chi connectivity index (χ1n) is 11.5. The summed E-state index contributed by atoms with van der Waals surface area (Å²) in [7, 11) is 2.12. The highest BCUT2D eigenvalue weighted by Crippen LogP contribution is 2.31. The van der Waals surface area contributed by atoms with Gasteiger partial charge in [0.15, 0.2) is 0 Å². The summed E-state index contributed by atoms with van der Waals surface area (Å²) >= 11 is 5.76. The topological polar surface area (TPSA) is 64.7 Å². The molecule has 0 spiro atoms. The van der Waals surface area contributed by atoms with Crippen LogP contribution in [-0.4, -0.2) is 49.9 Å². The standard InChI is InChI=1S/C25H30ClFN4O2/c1-30-11-5-6-17-14-18(7-10-22(17)30)23(31-12-3-2-4-13-31)16-28-24(32)25(33)29-19-8-9-21(27)20(26)15-19/h7-10,14-15,23H,2-6,11-13,16H2,1H3,(H,28,32)(H,29,33)/t23-/m0/s1. The van der Waals surface area contributed by atoms with Crippen LogP contribution in [-0.2, 0) is 16.0 Å². The molecule has 0 bridgehead atoms. The maximum absolute atomic E-state index is 13.3. The average Bonchev–Trinajstić information content (AvgIpc) is 2.82. The zero-order valence-electron chi connectivity index (χ0n) is 18.9. The van der Waals surface area contributed by atoms with Gasteiger partial charge in [0.05, 0.1) is 11.1 Å². The third-order valence-electron chi connectivity index (χ3n) is 6.51. The largest absolute Gasteiger partial charge is 0.374 e. The molecule has 8 heteroatoms. The molecule has 1 fully saturated rings. The highest BCUT2D eigenvalue weighted by molar-refractivity contribution is 6.39. The van der Waals surface area contributed by atoms with E-state index in [1.54, 1.807) is 0 Å². The first kappa shape index (κ1) is 23.5. The number of rotatable bonds is 5. The molecule has 2 heterocycles. The highest BCUT2D eigenvalue weighted by Gasteiger charge is 2.26. The van der Waals surface area contributed by atoms with E-state index in [4.69, 9.17) is 11.6 Å². The van der Waals surface area contributed by atoms with Gasteiger partial charge in [0.2, 0.25) is 0 Å². The Hall–Kier alpha value is -2.64. The number of likely N-dealkylation sites (tertiary alicyclic amines) is 1. The number of fused-ring (bicyclic) bond motifs is 1. The smallest absolute Gasteiger partial charge is 0.313 e. The fourth-order valence-corrected chi connectivity index (χ4v) is 4.91. The number of anilines is 2. The summed E-state index contributed by atoms with van der Waals surface area (Å²) in [5, 5.41) is 5.17. The van der Waals surface area contributed by atoms with Crippen molar-refractivity contribution in [3.63, 3.8) is 0 Å². The molecule has 2 aliphatic rings. The number of carbonyl (C=O) groups is 2. The second-order valence-corrected chi connectivity index (χ2v) is 9.23. The van der Waals surface area contributed by atoms with Gasteiger partial charge < -0.3 is 15.5 Å². The molecule has 2 aliphatic heterocycles. The molecule has 0 saturated carbocycles. The second kappa shape index (κ2) is 10.5. The number of nitrogens with one attached hydrogen (secondary N) is 2. The monoisotopic (exact) mass is 472 g/mol. The van der Waals surface area contributed by atoms with Gasteiger partial charge in [-0.25, -0.2) is 4.39 Å². The maximum Gasteiger partial charge on any atom is 0.313 e. The van der Waals surface area contributed by atoms with E-state index in [2.05, 4.69) is 45.7 Å². The third-order valence-corrected chi connectivity index (χ3v) is 6.80. The number of benzene rings is 2. The minimum absolute atomic E-state index is 0.000141. The van der Waals surface area contributed by atoms with E-state index in [0.29, 0.717) is 6.54 Å². The van der Waals surface area contributed by atoms with Crippen molar-refractivity contribution < 1.29 is 14.0 Å². The van der Waals surface area contributed by atoms with Crippen LogP contribution >= 0.6 is 11.6 Å². The lowest BCUT2D eigenvalue weighted by Gasteiger charge is -2.36. The van der Waals surface area contributed by atoms with E-state index >= 15 is 0 Å². The van der Waals surface area contributed by atoms with Crippen LogP contribution in [0.3, 0.4) is 0 Å². The zero-order chi connectivity index (χ0) is 23.4. The maximum atomic E-state index is 13.3. The van der Waals surface area contributed by atoms with Gasteiger partial charge in [-0.05, 0) is 74.2 Å². The number of carbonyl (C=O) groups excluding carboxylic acids is 2. The summed E-state index contributed by atoms with van der Waals surface area (Å²) < 4.78 is 13.3. The molecule has 1 saturated heterocycles. The van der Waals surface area contributed by atoms with Crippen LogP contribution in [0.15, 0.2) is 36.4 Å². The minimum Gasteiger partial charge on any atom is -0.374 e. The summed E-state index contributed by atoms with van der Waals surface area (Å²) in [5.41, 5.74) is 4.04. The Kier molecular flexibility index (Phi) is 7.50. The highest BCUT2D eigenvalue weighted by atomic mass is 35.5. The molecule has 1 atom stereocenters.